The van der Waals surface area contributed by atoms with Crippen LogP contribution < -0.4 is 27.0 Å². The molecular formula is C37H44N6O9S. The van der Waals surface area contributed by atoms with E-state index in [1.54, 1.807) is 18.3 Å². The van der Waals surface area contributed by atoms with E-state index in [1.165, 1.54) is 48.2 Å². The molecule has 0 aliphatic heterocycles. The Hall–Kier alpha value is -5.58. The Morgan fingerprint density at radius 2 is 1.19 bits per heavy atom. The maximum atomic E-state index is 14.1. The highest BCUT2D eigenvalue weighted by atomic mass is 32.2. The molecule has 16 heteroatoms. The summed E-state index contributed by atoms with van der Waals surface area (Å²) in [5.74, 6) is -3.93. The third kappa shape index (κ3) is 11.7. The molecule has 0 unspecified atom stereocenters. The van der Waals surface area contributed by atoms with Crippen molar-refractivity contribution in [3.63, 3.8) is 0 Å². The van der Waals surface area contributed by atoms with Gasteiger partial charge in [-0.25, -0.2) is 4.79 Å². The van der Waals surface area contributed by atoms with Gasteiger partial charge in [-0.3, -0.25) is 19.2 Å². The van der Waals surface area contributed by atoms with Crippen molar-refractivity contribution in [2.45, 2.75) is 55.9 Å². The number of phenols is 2. The van der Waals surface area contributed by atoms with E-state index >= 15 is 0 Å². The molecule has 11 N–H and O–H groups in total. The number of aliphatic hydroxyl groups is 1. The second kappa shape index (κ2) is 19.3. The molecule has 1 heterocycles. The smallest absolute Gasteiger partial charge is 0.326 e. The Bertz CT molecular complexity index is 1870. The van der Waals surface area contributed by atoms with Crippen molar-refractivity contribution < 1.29 is 44.4 Å². The summed E-state index contributed by atoms with van der Waals surface area (Å²) < 4.78 is 0. The summed E-state index contributed by atoms with van der Waals surface area (Å²) in [6.07, 6.45) is 3.47. The summed E-state index contributed by atoms with van der Waals surface area (Å²) in [7, 11) is 0. The minimum Gasteiger partial charge on any atom is -0.508 e. The van der Waals surface area contributed by atoms with Crippen LogP contribution in [0.3, 0.4) is 0 Å². The van der Waals surface area contributed by atoms with Gasteiger partial charge in [0.25, 0.3) is 0 Å². The number of para-hydroxylation sites is 1. The zero-order valence-corrected chi connectivity index (χ0v) is 29.8. The average Bonchev–Trinajstić information content (AvgIpc) is 3.56. The SMILES string of the molecule is CSCC[C@H](NC(=O)[C@H](Cc1c[nH]c2ccccc12)NC(=O)[C@H](Cc1ccc(O)cc1)NC(=O)[C@@H](N)CO)C(=O)N[C@@H](Cc1ccc(O)cc1)C(=O)O. The number of aliphatic carboxylic acids is 1. The van der Waals surface area contributed by atoms with Gasteiger partial charge in [-0.2, -0.15) is 11.8 Å². The summed E-state index contributed by atoms with van der Waals surface area (Å²) in [4.78, 5) is 69.7. The number of aromatic amines is 1. The van der Waals surface area contributed by atoms with Crippen LogP contribution in [0.1, 0.15) is 23.1 Å². The van der Waals surface area contributed by atoms with Gasteiger partial charge in [0, 0.05) is 36.4 Å². The molecule has 4 amide bonds. The van der Waals surface area contributed by atoms with Crippen LogP contribution >= 0.6 is 11.8 Å². The van der Waals surface area contributed by atoms with Crippen molar-refractivity contribution in [2.24, 2.45) is 5.73 Å². The van der Waals surface area contributed by atoms with Gasteiger partial charge in [-0.05, 0) is 65.5 Å². The van der Waals surface area contributed by atoms with Crippen LogP contribution in [-0.2, 0) is 43.2 Å². The molecule has 0 bridgehead atoms. The third-order valence-electron chi connectivity index (χ3n) is 8.51. The molecule has 0 spiro atoms. The number of thioether (sulfide) groups is 1. The Kier molecular flexibility index (Phi) is 14.6. The maximum absolute atomic E-state index is 14.1. The third-order valence-corrected chi connectivity index (χ3v) is 9.15. The van der Waals surface area contributed by atoms with E-state index in [-0.39, 0.29) is 37.2 Å². The average molecular weight is 749 g/mol. The summed E-state index contributed by atoms with van der Waals surface area (Å²) in [6.45, 7) is -0.678. The molecule has 282 valence electrons. The number of carboxylic acid groups (broad SMARTS) is 1. The summed E-state index contributed by atoms with van der Waals surface area (Å²) in [5, 5.41) is 50.0. The van der Waals surface area contributed by atoms with Gasteiger partial charge in [-0.15, -0.1) is 0 Å². The predicted molar refractivity (Wildman–Crippen MR) is 199 cm³/mol. The number of fused-ring (bicyclic) bond motifs is 1. The standard InChI is InChI=1S/C37H44N6O9S/c1-53-15-14-29(34(48)43-32(37(51)52)17-22-8-12-25(46)13-9-22)40-36(50)31(18-23-19-39-28-5-3-2-4-26(23)28)42-35(49)30(41-33(47)27(38)20-44)16-21-6-10-24(45)11-7-21/h2-13,19,27,29-32,39,44-46H,14-18,20,38H2,1H3,(H,40,50)(H,41,47)(H,42,49)(H,43,48)(H,51,52)/t27-,29-,30-,31-,32-/m0/s1. The van der Waals surface area contributed by atoms with Crippen molar-refractivity contribution >= 4 is 52.3 Å². The van der Waals surface area contributed by atoms with E-state index in [1.807, 2.05) is 30.5 Å². The number of H-pyrrole nitrogens is 1. The van der Waals surface area contributed by atoms with E-state index < -0.39 is 66.4 Å². The van der Waals surface area contributed by atoms with E-state index in [9.17, 15) is 44.4 Å². The molecule has 5 atom stereocenters. The van der Waals surface area contributed by atoms with E-state index in [0.29, 0.717) is 22.4 Å². The number of phenolic OH excluding ortho intramolecular Hbond substituents is 2. The first kappa shape index (κ1) is 40.2. The molecular weight excluding hydrogens is 705 g/mol. The number of carbonyl (C=O) groups excluding carboxylic acids is 4. The lowest BCUT2D eigenvalue weighted by atomic mass is 10.0. The number of nitrogens with two attached hydrogens (primary N) is 1. The molecule has 0 aliphatic carbocycles. The number of nitrogens with one attached hydrogen (secondary N) is 5. The lowest BCUT2D eigenvalue weighted by Crippen LogP contribution is -2.59. The summed E-state index contributed by atoms with van der Waals surface area (Å²) in [6, 6.07) is 12.8. The van der Waals surface area contributed by atoms with Crippen LogP contribution in [0.25, 0.3) is 10.9 Å². The largest absolute Gasteiger partial charge is 0.508 e. The van der Waals surface area contributed by atoms with Crippen LogP contribution in [0.15, 0.2) is 79.0 Å². The monoisotopic (exact) mass is 748 g/mol. The Morgan fingerprint density at radius 3 is 1.75 bits per heavy atom. The fourth-order valence-electron chi connectivity index (χ4n) is 5.56. The first-order chi connectivity index (χ1) is 25.4. The van der Waals surface area contributed by atoms with Crippen molar-refractivity contribution in [3.8, 4) is 11.5 Å². The zero-order chi connectivity index (χ0) is 38.5. The minimum atomic E-state index is -1.35. The number of carbonyl (C=O) groups is 5. The molecule has 4 rings (SSSR count). The van der Waals surface area contributed by atoms with E-state index in [2.05, 4.69) is 26.3 Å². The molecule has 1 aromatic heterocycles. The Balaban J connectivity index is 1.61. The van der Waals surface area contributed by atoms with Gasteiger partial charge in [-0.1, -0.05) is 42.5 Å². The number of rotatable bonds is 19. The fourth-order valence-corrected chi connectivity index (χ4v) is 6.03. The van der Waals surface area contributed by atoms with Crippen molar-refractivity contribution in [2.75, 3.05) is 18.6 Å². The second-order valence-electron chi connectivity index (χ2n) is 12.5. The van der Waals surface area contributed by atoms with E-state index in [0.717, 1.165) is 10.9 Å². The molecule has 53 heavy (non-hydrogen) atoms. The lowest BCUT2D eigenvalue weighted by Gasteiger charge is -2.26. The number of aliphatic hydroxyl groups excluding tert-OH is 1. The van der Waals surface area contributed by atoms with Gasteiger partial charge in [0.05, 0.1) is 6.61 Å². The molecule has 4 aromatic rings. The predicted octanol–water partition coefficient (Wildman–Crippen LogP) is 0.704. The first-order valence-electron chi connectivity index (χ1n) is 16.8. The molecule has 3 aromatic carbocycles. The number of amides is 4. The maximum Gasteiger partial charge on any atom is 0.326 e. The highest BCUT2D eigenvalue weighted by Gasteiger charge is 2.32. The van der Waals surface area contributed by atoms with Gasteiger partial charge >= 0.3 is 5.97 Å². The van der Waals surface area contributed by atoms with Crippen LogP contribution in [0.5, 0.6) is 11.5 Å². The number of benzene rings is 3. The second-order valence-corrected chi connectivity index (χ2v) is 13.4. The van der Waals surface area contributed by atoms with Crippen LogP contribution in [0.4, 0.5) is 0 Å². The number of hydrogen-bond donors (Lipinski definition) is 10. The van der Waals surface area contributed by atoms with Crippen LogP contribution in [0.2, 0.25) is 0 Å². The zero-order valence-electron chi connectivity index (χ0n) is 29.0. The molecule has 0 radical (unpaired) electrons. The lowest BCUT2D eigenvalue weighted by molar-refractivity contribution is -0.142. The quantitative estimate of drug-likeness (QED) is 0.0639. The van der Waals surface area contributed by atoms with Crippen LogP contribution in [0, 0.1) is 0 Å². The Labute approximate surface area is 309 Å². The number of aromatic nitrogens is 1. The summed E-state index contributed by atoms with van der Waals surface area (Å²) in [5.41, 5.74) is 8.29. The van der Waals surface area contributed by atoms with Crippen molar-refractivity contribution in [1.29, 1.82) is 0 Å². The normalized spacial score (nSPS) is 13.9. The number of carboxylic acids is 1. The molecule has 0 saturated heterocycles. The van der Waals surface area contributed by atoms with Gasteiger partial charge in [0.1, 0.15) is 41.7 Å². The fraction of sp³-hybridized carbons (Fsp3) is 0.324. The molecule has 0 fully saturated rings. The highest BCUT2D eigenvalue weighted by molar-refractivity contribution is 7.98. The topological polar surface area (TPSA) is 256 Å². The van der Waals surface area contributed by atoms with Crippen LogP contribution in [-0.4, -0.2) is 104 Å². The highest BCUT2D eigenvalue weighted by Crippen LogP contribution is 2.20. The first-order valence-corrected chi connectivity index (χ1v) is 18.2. The Morgan fingerprint density at radius 1 is 0.698 bits per heavy atom. The van der Waals surface area contributed by atoms with Gasteiger partial charge < -0.3 is 52.4 Å². The minimum absolute atomic E-state index is 0.00146. The number of aromatic hydroxyl groups is 2. The van der Waals surface area contributed by atoms with Gasteiger partial charge in [0.2, 0.25) is 23.6 Å². The van der Waals surface area contributed by atoms with Crippen molar-refractivity contribution in [3.05, 3.63) is 95.7 Å². The van der Waals surface area contributed by atoms with Crippen molar-refractivity contribution in [1.82, 2.24) is 26.3 Å². The number of hydrogen-bond acceptors (Lipinski definition) is 10. The summed E-state index contributed by atoms with van der Waals surface area (Å²) >= 11 is 1.41. The molecule has 15 nitrogen and oxygen atoms in total. The molecule has 0 aliphatic rings. The molecule has 0 saturated carbocycles. The van der Waals surface area contributed by atoms with Gasteiger partial charge in [0.15, 0.2) is 0 Å². The van der Waals surface area contributed by atoms with E-state index in [4.69, 9.17) is 5.73 Å².